The zero-order valence-electron chi connectivity index (χ0n) is 24.5. The lowest BCUT2D eigenvalue weighted by molar-refractivity contribution is -0.159. The number of benzene rings is 1. The number of rotatable bonds is 17. The van der Waals surface area contributed by atoms with Gasteiger partial charge in [-0.15, -0.1) is 0 Å². The van der Waals surface area contributed by atoms with Crippen molar-refractivity contribution in [2.75, 3.05) is 19.6 Å². The molecule has 228 valence electrons. The smallest absolute Gasteiger partial charge is 0.329 e. The average molecular weight is 574 g/mol. The molecule has 1 aromatic heterocycles. The van der Waals surface area contributed by atoms with Crippen molar-refractivity contribution in [3.05, 3.63) is 36.0 Å². The number of nitrogens with two attached hydrogens (primary N) is 3. The minimum atomic E-state index is -1.03. The molecule has 0 spiro atoms. The summed E-state index contributed by atoms with van der Waals surface area (Å²) in [4.78, 5) is 54.9. The summed E-state index contributed by atoms with van der Waals surface area (Å²) >= 11 is 0. The van der Waals surface area contributed by atoms with Crippen LogP contribution in [0.5, 0.6) is 0 Å². The van der Waals surface area contributed by atoms with Gasteiger partial charge in [-0.25, -0.2) is 4.79 Å². The lowest BCUT2D eigenvalue weighted by Gasteiger charge is -2.26. The van der Waals surface area contributed by atoms with E-state index in [2.05, 4.69) is 20.9 Å². The van der Waals surface area contributed by atoms with Crippen molar-refractivity contribution in [2.24, 2.45) is 17.2 Å². The van der Waals surface area contributed by atoms with Crippen LogP contribution in [-0.4, -0.2) is 72.0 Å². The molecule has 12 heteroatoms. The Labute approximate surface area is 241 Å². The van der Waals surface area contributed by atoms with E-state index in [1.54, 1.807) is 27.0 Å². The van der Waals surface area contributed by atoms with Crippen LogP contribution in [0.2, 0.25) is 0 Å². The maximum absolute atomic E-state index is 13.6. The number of esters is 1. The molecular formula is C29H47N7O5. The standard InChI is InChI=1S/C29H47N7O5/c1-29(2,3)41-28(40)23(13-7-9-15-31)36-27(39)24(16-19-17-33-22-12-5-4-10-20(19)22)35-25(37)18-34-26(38)21(32)11-6-8-14-30/h4-5,10,12,17,21,23-24,33H,6-9,11,13-16,18,30-32H2,1-3H3,(H,34,38)(H,35,37)(H,36,39)/t21-,23-,24-/m0/s1. The highest BCUT2D eigenvalue weighted by molar-refractivity contribution is 5.93. The number of carbonyl (C=O) groups excluding carboxylic acids is 4. The molecule has 0 aliphatic rings. The molecule has 0 bridgehead atoms. The molecule has 0 aliphatic carbocycles. The lowest BCUT2D eigenvalue weighted by Crippen LogP contribution is -2.55. The van der Waals surface area contributed by atoms with Crippen molar-refractivity contribution >= 4 is 34.6 Å². The molecule has 12 nitrogen and oxygen atoms in total. The second-order valence-electron chi connectivity index (χ2n) is 11.2. The first-order valence-electron chi connectivity index (χ1n) is 14.3. The Morgan fingerprint density at radius 3 is 2.22 bits per heavy atom. The maximum atomic E-state index is 13.6. The Kier molecular flexibility index (Phi) is 13.7. The maximum Gasteiger partial charge on any atom is 0.329 e. The summed E-state index contributed by atoms with van der Waals surface area (Å²) in [5.74, 6) is -2.13. The molecule has 0 fully saturated rings. The van der Waals surface area contributed by atoms with E-state index in [0.717, 1.165) is 22.9 Å². The van der Waals surface area contributed by atoms with Crippen molar-refractivity contribution in [1.29, 1.82) is 0 Å². The number of amides is 3. The third-order valence-corrected chi connectivity index (χ3v) is 6.43. The molecule has 10 N–H and O–H groups in total. The number of para-hydroxylation sites is 1. The van der Waals surface area contributed by atoms with Crippen molar-refractivity contribution in [2.45, 2.75) is 89.4 Å². The van der Waals surface area contributed by atoms with Gasteiger partial charge in [-0.05, 0) is 77.6 Å². The van der Waals surface area contributed by atoms with Gasteiger partial charge in [-0.1, -0.05) is 24.6 Å². The van der Waals surface area contributed by atoms with Crippen LogP contribution in [0.25, 0.3) is 10.9 Å². The van der Waals surface area contributed by atoms with Gasteiger partial charge in [0.25, 0.3) is 0 Å². The Balaban J connectivity index is 2.17. The quantitative estimate of drug-likeness (QED) is 0.106. The van der Waals surface area contributed by atoms with E-state index < -0.39 is 47.4 Å². The van der Waals surface area contributed by atoms with Gasteiger partial charge < -0.3 is 42.9 Å². The number of ether oxygens (including phenoxy) is 1. The molecule has 0 unspecified atom stereocenters. The lowest BCUT2D eigenvalue weighted by atomic mass is 10.0. The number of hydrogen-bond donors (Lipinski definition) is 7. The van der Waals surface area contributed by atoms with Crippen LogP contribution in [0.15, 0.2) is 30.5 Å². The molecule has 3 atom stereocenters. The van der Waals surface area contributed by atoms with E-state index in [4.69, 9.17) is 21.9 Å². The first-order valence-corrected chi connectivity index (χ1v) is 14.3. The molecule has 3 amide bonds. The highest BCUT2D eigenvalue weighted by Gasteiger charge is 2.30. The van der Waals surface area contributed by atoms with Crippen LogP contribution < -0.4 is 33.2 Å². The van der Waals surface area contributed by atoms with Crippen LogP contribution in [0, 0.1) is 0 Å². The summed E-state index contributed by atoms with van der Waals surface area (Å²) in [6, 6.07) is 4.90. The highest BCUT2D eigenvalue weighted by Crippen LogP contribution is 2.19. The van der Waals surface area contributed by atoms with Gasteiger partial charge in [0, 0.05) is 23.5 Å². The first-order chi connectivity index (χ1) is 19.4. The van der Waals surface area contributed by atoms with Crippen LogP contribution in [-0.2, 0) is 30.3 Å². The fourth-order valence-electron chi connectivity index (χ4n) is 4.30. The predicted molar refractivity (Wildman–Crippen MR) is 159 cm³/mol. The van der Waals surface area contributed by atoms with Gasteiger partial charge >= 0.3 is 5.97 Å². The highest BCUT2D eigenvalue weighted by atomic mass is 16.6. The zero-order chi connectivity index (χ0) is 30.4. The van der Waals surface area contributed by atoms with Crippen LogP contribution in [0.4, 0.5) is 0 Å². The van der Waals surface area contributed by atoms with Gasteiger partial charge in [-0.3, -0.25) is 14.4 Å². The van der Waals surface area contributed by atoms with E-state index in [-0.39, 0.29) is 13.0 Å². The summed E-state index contributed by atoms with van der Waals surface area (Å²) in [7, 11) is 0. The molecule has 0 saturated carbocycles. The summed E-state index contributed by atoms with van der Waals surface area (Å²) in [6.45, 7) is 5.87. The summed E-state index contributed by atoms with van der Waals surface area (Å²) in [5.41, 5.74) is 18.0. The van der Waals surface area contributed by atoms with Crippen molar-refractivity contribution in [3.63, 3.8) is 0 Å². The third kappa shape index (κ3) is 11.9. The fourth-order valence-corrected chi connectivity index (χ4v) is 4.30. The molecule has 0 aliphatic heterocycles. The third-order valence-electron chi connectivity index (χ3n) is 6.43. The number of H-pyrrole nitrogens is 1. The Morgan fingerprint density at radius 1 is 0.902 bits per heavy atom. The number of unbranched alkanes of at least 4 members (excludes halogenated alkanes) is 2. The molecule has 41 heavy (non-hydrogen) atoms. The van der Waals surface area contributed by atoms with Crippen LogP contribution >= 0.6 is 0 Å². The van der Waals surface area contributed by atoms with Crippen molar-refractivity contribution < 1.29 is 23.9 Å². The van der Waals surface area contributed by atoms with E-state index in [1.165, 1.54) is 0 Å². The van der Waals surface area contributed by atoms with Gasteiger partial charge in [0.05, 0.1) is 12.6 Å². The molecular weight excluding hydrogens is 526 g/mol. The zero-order valence-corrected chi connectivity index (χ0v) is 24.5. The van der Waals surface area contributed by atoms with Crippen LogP contribution in [0.1, 0.15) is 64.9 Å². The number of aromatic nitrogens is 1. The normalized spacial score (nSPS) is 13.7. The fraction of sp³-hybridized carbons (Fsp3) is 0.586. The van der Waals surface area contributed by atoms with Crippen LogP contribution in [0.3, 0.4) is 0 Å². The van der Waals surface area contributed by atoms with E-state index >= 15 is 0 Å². The van der Waals surface area contributed by atoms with Crippen molar-refractivity contribution in [1.82, 2.24) is 20.9 Å². The summed E-state index contributed by atoms with van der Waals surface area (Å²) < 4.78 is 5.53. The van der Waals surface area contributed by atoms with E-state index in [1.807, 2.05) is 24.3 Å². The second-order valence-corrected chi connectivity index (χ2v) is 11.2. The second kappa shape index (κ2) is 16.7. The van der Waals surface area contributed by atoms with Crippen molar-refractivity contribution in [3.8, 4) is 0 Å². The molecule has 1 aromatic carbocycles. The number of fused-ring (bicyclic) bond motifs is 1. The van der Waals surface area contributed by atoms with Gasteiger partial charge in [-0.2, -0.15) is 0 Å². The molecule has 2 rings (SSSR count). The minimum absolute atomic E-state index is 0.151. The summed E-state index contributed by atoms with van der Waals surface area (Å²) in [6.07, 6.45) is 5.47. The Morgan fingerprint density at radius 2 is 1.56 bits per heavy atom. The number of hydrogen-bond acceptors (Lipinski definition) is 8. The van der Waals surface area contributed by atoms with E-state index in [0.29, 0.717) is 45.2 Å². The molecule has 1 heterocycles. The number of nitrogens with one attached hydrogen (secondary N) is 4. The summed E-state index contributed by atoms with van der Waals surface area (Å²) in [5, 5.41) is 8.93. The Bertz CT molecular complexity index is 1140. The SMILES string of the molecule is CC(C)(C)OC(=O)[C@H](CCCCN)NC(=O)[C@H](Cc1c[nH]c2ccccc12)NC(=O)CNC(=O)[C@@H](N)CCCCN. The average Bonchev–Trinajstić information content (AvgIpc) is 3.32. The topological polar surface area (TPSA) is 207 Å². The molecule has 0 saturated heterocycles. The predicted octanol–water partition coefficient (Wildman–Crippen LogP) is 0.723. The van der Waals surface area contributed by atoms with Gasteiger partial charge in [0.1, 0.15) is 17.7 Å². The molecule has 0 radical (unpaired) electrons. The monoisotopic (exact) mass is 573 g/mol. The Hall–Kier alpha value is -3.48. The largest absolute Gasteiger partial charge is 0.458 e. The molecule has 2 aromatic rings. The minimum Gasteiger partial charge on any atom is -0.458 e. The van der Waals surface area contributed by atoms with Gasteiger partial charge in [0.2, 0.25) is 17.7 Å². The van der Waals surface area contributed by atoms with Gasteiger partial charge in [0.15, 0.2) is 0 Å². The van der Waals surface area contributed by atoms with E-state index in [9.17, 15) is 19.2 Å². The first kappa shape index (κ1) is 33.7. The number of carbonyl (C=O) groups is 4. The number of aromatic amines is 1.